The Morgan fingerprint density at radius 1 is 1.39 bits per heavy atom. The van der Waals surface area contributed by atoms with Gasteiger partial charge in [-0.15, -0.1) is 0 Å². The van der Waals surface area contributed by atoms with Crippen molar-refractivity contribution in [2.24, 2.45) is 4.99 Å². The summed E-state index contributed by atoms with van der Waals surface area (Å²) in [6, 6.07) is -0.926. The van der Waals surface area contributed by atoms with Crippen molar-refractivity contribution >= 4 is 18.8 Å². The molecule has 0 aliphatic rings. The van der Waals surface area contributed by atoms with Gasteiger partial charge in [0, 0.05) is 6.54 Å². The summed E-state index contributed by atoms with van der Waals surface area (Å²) in [6.07, 6.45) is 1.05. The minimum absolute atomic E-state index is 0.351. The van der Waals surface area contributed by atoms with Crippen LogP contribution in [-0.4, -0.2) is 42.1 Å². The number of carbonyl (C=O) groups excluding carboxylic acids is 1. The number of alkyl carbamates (subject to hydrolysis) is 1. The largest absolute Gasteiger partial charge is 0.480 e. The molecule has 0 radical (unpaired) electrons. The second-order valence-corrected chi connectivity index (χ2v) is 4.98. The molecule has 0 spiro atoms. The summed E-state index contributed by atoms with van der Waals surface area (Å²) in [5.41, 5.74) is -0.639. The van der Waals surface area contributed by atoms with Gasteiger partial charge in [0.1, 0.15) is 11.6 Å². The van der Waals surface area contributed by atoms with Gasteiger partial charge < -0.3 is 20.2 Å². The van der Waals surface area contributed by atoms with E-state index in [-0.39, 0.29) is 0 Å². The van der Waals surface area contributed by atoms with Crippen molar-refractivity contribution in [2.45, 2.75) is 51.7 Å². The average molecular weight is 258 g/mol. The summed E-state index contributed by atoms with van der Waals surface area (Å²) in [6.45, 7) is 9.10. The maximum atomic E-state index is 11.4. The summed E-state index contributed by atoms with van der Waals surface area (Å²) in [5, 5.41) is 11.3. The highest BCUT2D eigenvalue weighted by Crippen LogP contribution is 2.08. The van der Waals surface area contributed by atoms with Crippen LogP contribution >= 0.6 is 0 Å². The third kappa shape index (κ3) is 8.55. The zero-order valence-corrected chi connectivity index (χ0v) is 11.2. The lowest BCUT2D eigenvalue weighted by atomic mass is 10.1. The number of carboxylic acids is 1. The average Bonchev–Trinajstić information content (AvgIpc) is 2.19. The fourth-order valence-electron chi connectivity index (χ4n) is 1.28. The highest BCUT2D eigenvalue weighted by molar-refractivity contribution is 5.79. The molecule has 0 saturated carbocycles. The van der Waals surface area contributed by atoms with E-state index in [0.717, 1.165) is 6.42 Å². The van der Waals surface area contributed by atoms with Crippen molar-refractivity contribution in [3.8, 4) is 0 Å². The molecule has 0 aromatic rings. The van der Waals surface area contributed by atoms with E-state index in [1.165, 1.54) is 0 Å². The van der Waals surface area contributed by atoms with E-state index in [0.29, 0.717) is 19.4 Å². The molecule has 1 atom stereocenters. The molecule has 0 aliphatic heterocycles. The summed E-state index contributed by atoms with van der Waals surface area (Å²) in [7, 11) is 0. The Morgan fingerprint density at radius 2 is 2.00 bits per heavy atom. The van der Waals surface area contributed by atoms with Gasteiger partial charge in [-0.05, 0) is 46.8 Å². The smallest absolute Gasteiger partial charge is 0.408 e. The number of nitrogens with one attached hydrogen (secondary N) is 1. The van der Waals surface area contributed by atoms with Gasteiger partial charge in [-0.3, -0.25) is 0 Å². The fourth-order valence-corrected chi connectivity index (χ4v) is 1.28. The van der Waals surface area contributed by atoms with Gasteiger partial charge in [-0.2, -0.15) is 0 Å². The van der Waals surface area contributed by atoms with E-state index in [2.05, 4.69) is 17.0 Å². The Morgan fingerprint density at radius 3 is 2.44 bits per heavy atom. The standard InChI is InChI=1S/C12H22N2O4/c1-12(2,3)18-11(17)14-9(10(15)16)7-5-6-8-13-4/h9H,4-8H2,1-3H3,(H,14,17)(H,15,16). The maximum absolute atomic E-state index is 11.4. The minimum atomic E-state index is -1.06. The number of amides is 1. The number of aliphatic carboxylic acids is 1. The topological polar surface area (TPSA) is 88.0 Å². The second-order valence-electron chi connectivity index (χ2n) is 4.98. The Kier molecular flexibility index (Phi) is 7.00. The van der Waals surface area contributed by atoms with Crippen molar-refractivity contribution in [3.05, 3.63) is 0 Å². The quantitative estimate of drug-likeness (QED) is 0.538. The van der Waals surface area contributed by atoms with Crippen molar-refractivity contribution in [1.82, 2.24) is 5.32 Å². The summed E-state index contributed by atoms with van der Waals surface area (Å²) >= 11 is 0. The highest BCUT2D eigenvalue weighted by Gasteiger charge is 2.23. The van der Waals surface area contributed by atoms with Crippen LogP contribution in [0.5, 0.6) is 0 Å². The predicted octanol–water partition coefficient (Wildman–Crippen LogP) is 1.84. The molecule has 0 bridgehead atoms. The molecule has 1 unspecified atom stereocenters. The number of hydrogen-bond acceptors (Lipinski definition) is 4. The molecule has 0 rings (SSSR count). The molecule has 6 nitrogen and oxygen atoms in total. The number of ether oxygens (including phenoxy) is 1. The number of carboxylic acid groups (broad SMARTS) is 1. The van der Waals surface area contributed by atoms with Crippen molar-refractivity contribution in [1.29, 1.82) is 0 Å². The van der Waals surface area contributed by atoms with Crippen LogP contribution in [0.25, 0.3) is 0 Å². The lowest BCUT2D eigenvalue weighted by molar-refractivity contribution is -0.139. The molecule has 0 aromatic carbocycles. The lowest BCUT2D eigenvalue weighted by Gasteiger charge is -2.21. The van der Waals surface area contributed by atoms with Gasteiger partial charge in [0.15, 0.2) is 0 Å². The first-order valence-corrected chi connectivity index (χ1v) is 5.91. The Bertz CT molecular complexity index is 297. The van der Waals surface area contributed by atoms with E-state index in [4.69, 9.17) is 9.84 Å². The molecule has 0 aromatic heterocycles. The van der Waals surface area contributed by atoms with Gasteiger partial charge in [0.25, 0.3) is 0 Å². The Labute approximate surface area is 107 Å². The molecule has 0 heterocycles. The monoisotopic (exact) mass is 258 g/mol. The van der Waals surface area contributed by atoms with Crippen molar-refractivity contribution in [3.63, 3.8) is 0 Å². The summed E-state index contributed by atoms with van der Waals surface area (Å²) < 4.78 is 5.00. The molecule has 0 fully saturated rings. The molecule has 1 amide bonds. The van der Waals surface area contributed by atoms with E-state index in [1.54, 1.807) is 20.8 Å². The predicted molar refractivity (Wildman–Crippen MR) is 69.1 cm³/mol. The molecule has 0 aliphatic carbocycles. The van der Waals surface area contributed by atoms with Gasteiger partial charge >= 0.3 is 12.1 Å². The third-order valence-corrected chi connectivity index (χ3v) is 2.05. The number of aliphatic imine (C=N–C) groups is 1. The van der Waals surface area contributed by atoms with Crippen LogP contribution in [0.3, 0.4) is 0 Å². The number of carbonyl (C=O) groups is 2. The van der Waals surface area contributed by atoms with Crippen LogP contribution in [-0.2, 0) is 9.53 Å². The zero-order chi connectivity index (χ0) is 14.2. The van der Waals surface area contributed by atoms with E-state index >= 15 is 0 Å². The molecular formula is C12H22N2O4. The number of hydrogen-bond donors (Lipinski definition) is 2. The molecule has 18 heavy (non-hydrogen) atoms. The van der Waals surface area contributed by atoms with E-state index in [1.807, 2.05) is 0 Å². The van der Waals surface area contributed by atoms with Crippen LogP contribution in [0.4, 0.5) is 4.79 Å². The number of rotatable bonds is 7. The fraction of sp³-hybridized carbons (Fsp3) is 0.750. The summed E-state index contributed by atoms with van der Waals surface area (Å²) in [5.74, 6) is -1.06. The van der Waals surface area contributed by atoms with Gasteiger partial charge in [0.05, 0.1) is 0 Å². The van der Waals surface area contributed by atoms with Crippen LogP contribution in [0.15, 0.2) is 4.99 Å². The Hall–Kier alpha value is -1.59. The first-order chi connectivity index (χ1) is 8.26. The normalized spacial score (nSPS) is 12.6. The highest BCUT2D eigenvalue weighted by atomic mass is 16.6. The molecule has 6 heteroatoms. The second kappa shape index (κ2) is 7.68. The van der Waals surface area contributed by atoms with E-state index < -0.39 is 23.7 Å². The SMILES string of the molecule is C=NCCCCC(NC(=O)OC(C)(C)C)C(=O)O. The first-order valence-electron chi connectivity index (χ1n) is 5.91. The Balaban J connectivity index is 4.15. The van der Waals surface area contributed by atoms with Crippen molar-refractivity contribution in [2.75, 3.05) is 6.54 Å². The van der Waals surface area contributed by atoms with Gasteiger partial charge in [0.2, 0.25) is 0 Å². The van der Waals surface area contributed by atoms with Crippen LogP contribution in [0.2, 0.25) is 0 Å². The maximum Gasteiger partial charge on any atom is 0.408 e. The van der Waals surface area contributed by atoms with Crippen molar-refractivity contribution < 1.29 is 19.4 Å². The van der Waals surface area contributed by atoms with Crippen LogP contribution < -0.4 is 5.32 Å². The number of unbranched alkanes of at least 4 members (excludes halogenated alkanes) is 1. The van der Waals surface area contributed by atoms with Crippen LogP contribution in [0, 0.1) is 0 Å². The van der Waals surface area contributed by atoms with Gasteiger partial charge in [-0.1, -0.05) is 0 Å². The van der Waals surface area contributed by atoms with Gasteiger partial charge in [-0.25, -0.2) is 9.59 Å². The molecule has 0 saturated heterocycles. The summed E-state index contributed by atoms with van der Waals surface area (Å²) in [4.78, 5) is 26.1. The molecule has 104 valence electrons. The zero-order valence-electron chi connectivity index (χ0n) is 11.2. The number of nitrogens with zero attached hydrogens (tertiary/aromatic N) is 1. The van der Waals surface area contributed by atoms with Crippen LogP contribution in [0.1, 0.15) is 40.0 Å². The van der Waals surface area contributed by atoms with E-state index in [9.17, 15) is 9.59 Å². The first kappa shape index (κ1) is 16.4. The lowest BCUT2D eigenvalue weighted by Crippen LogP contribution is -2.43. The molecule has 2 N–H and O–H groups in total. The third-order valence-electron chi connectivity index (χ3n) is 2.05. The molecular weight excluding hydrogens is 236 g/mol. The minimum Gasteiger partial charge on any atom is -0.480 e.